The Kier molecular flexibility index (Phi) is 4.14. The van der Waals surface area contributed by atoms with E-state index in [0.717, 1.165) is 0 Å². The van der Waals surface area contributed by atoms with Gasteiger partial charge in [0.05, 0.1) is 25.8 Å². The van der Waals surface area contributed by atoms with Gasteiger partial charge in [0.2, 0.25) is 0 Å². The number of carboxylic acid groups (broad SMARTS) is 1. The molecule has 2 N–H and O–H groups in total. The molecule has 0 aromatic heterocycles. The molecule has 1 fully saturated rings. The first-order valence-electron chi connectivity index (χ1n) is 4.82. The fraction of sp³-hybridized carbons (Fsp3) is 0.600. The zero-order valence-electron chi connectivity index (χ0n) is 8.97. The SMILES string of the molecule is C#CCN(C)C(=O)NC1COCC1C(=O)O. The molecule has 1 heterocycles. The quantitative estimate of drug-likeness (QED) is 0.627. The molecule has 0 aromatic rings. The number of nitrogens with one attached hydrogen (secondary N) is 1. The van der Waals surface area contributed by atoms with Gasteiger partial charge in [-0.15, -0.1) is 6.42 Å². The van der Waals surface area contributed by atoms with Gasteiger partial charge in [-0.1, -0.05) is 5.92 Å². The summed E-state index contributed by atoms with van der Waals surface area (Å²) in [6.07, 6.45) is 5.06. The molecule has 16 heavy (non-hydrogen) atoms. The van der Waals surface area contributed by atoms with E-state index in [1.54, 1.807) is 7.05 Å². The number of carboxylic acids is 1. The molecule has 88 valence electrons. The summed E-state index contributed by atoms with van der Waals surface area (Å²) in [4.78, 5) is 23.6. The van der Waals surface area contributed by atoms with Gasteiger partial charge in [-0.3, -0.25) is 4.79 Å². The highest BCUT2D eigenvalue weighted by Gasteiger charge is 2.35. The molecule has 6 nitrogen and oxygen atoms in total. The van der Waals surface area contributed by atoms with Gasteiger partial charge >= 0.3 is 12.0 Å². The van der Waals surface area contributed by atoms with E-state index in [0.29, 0.717) is 0 Å². The fourth-order valence-electron chi connectivity index (χ4n) is 1.42. The molecule has 2 amide bonds. The van der Waals surface area contributed by atoms with E-state index in [2.05, 4.69) is 11.2 Å². The predicted octanol–water partition coefficient (Wildman–Crippen LogP) is -0.639. The number of amides is 2. The van der Waals surface area contributed by atoms with E-state index in [4.69, 9.17) is 16.3 Å². The number of aliphatic carboxylic acids is 1. The standard InChI is InChI=1S/C10H14N2O4/c1-3-4-12(2)10(15)11-8-6-16-5-7(8)9(13)14/h1,7-8H,4-6H2,2H3,(H,11,15)(H,13,14). The highest BCUT2D eigenvalue weighted by molar-refractivity contribution is 5.77. The lowest BCUT2D eigenvalue weighted by molar-refractivity contribution is -0.142. The van der Waals surface area contributed by atoms with Gasteiger partial charge in [-0.2, -0.15) is 0 Å². The Labute approximate surface area is 93.6 Å². The van der Waals surface area contributed by atoms with Crippen LogP contribution >= 0.6 is 0 Å². The van der Waals surface area contributed by atoms with Crippen LogP contribution in [-0.2, 0) is 9.53 Å². The van der Waals surface area contributed by atoms with Crippen LogP contribution in [0.3, 0.4) is 0 Å². The summed E-state index contributed by atoms with van der Waals surface area (Å²) < 4.78 is 5.02. The van der Waals surface area contributed by atoms with Gasteiger partial charge in [0.1, 0.15) is 5.92 Å². The lowest BCUT2D eigenvalue weighted by Crippen LogP contribution is -2.47. The number of urea groups is 1. The maximum atomic E-state index is 11.5. The number of rotatable bonds is 3. The molecule has 2 atom stereocenters. The Balaban J connectivity index is 2.50. The van der Waals surface area contributed by atoms with Crippen molar-refractivity contribution in [1.82, 2.24) is 10.2 Å². The van der Waals surface area contributed by atoms with Gasteiger partial charge in [0, 0.05) is 7.05 Å². The minimum Gasteiger partial charge on any atom is -0.481 e. The maximum absolute atomic E-state index is 11.5. The number of ether oxygens (including phenoxy) is 1. The number of terminal acetylenes is 1. The van der Waals surface area contributed by atoms with Crippen LogP contribution < -0.4 is 5.32 Å². The first-order chi connectivity index (χ1) is 7.56. The molecular weight excluding hydrogens is 212 g/mol. The Bertz CT molecular complexity index is 323. The number of nitrogens with zero attached hydrogens (tertiary/aromatic N) is 1. The molecule has 0 radical (unpaired) electrons. The van der Waals surface area contributed by atoms with Crippen LogP contribution in [0.5, 0.6) is 0 Å². The molecule has 0 aliphatic carbocycles. The van der Waals surface area contributed by atoms with Crippen molar-refractivity contribution < 1.29 is 19.4 Å². The molecule has 1 rings (SSSR count). The number of hydrogen-bond donors (Lipinski definition) is 2. The molecular formula is C10H14N2O4. The van der Waals surface area contributed by atoms with Gasteiger partial charge < -0.3 is 20.1 Å². The second-order valence-corrected chi connectivity index (χ2v) is 3.60. The molecule has 0 spiro atoms. The van der Waals surface area contributed by atoms with Crippen LogP contribution in [0.25, 0.3) is 0 Å². The summed E-state index contributed by atoms with van der Waals surface area (Å²) in [6, 6.07) is -0.884. The van der Waals surface area contributed by atoms with E-state index in [1.807, 2.05) is 0 Å². The Morgan fingerprint density at radius 2 is 2.31 bits per heavy atom. The molecule has 6 heteroatoms. The first-order valence-corrected chi connectivity index (χ1v) is 4.82. The van der Waals surface area contributed by atoms with Gasteiger partial charge in [0.15, 0.2) is 0 Å². The van der Waals surface area contributed by atoms with E-state index in [9.17, 15) is 9.59 Å². The summed E-state index contributed by atoms with van der Waals surface area (Å²) in [5, 5.41) is 11.4. The lowest BCUT2D eigenvalue weighted by atomic mass is 10.0. The lowest BCUT2D eigenvalue weighted by Gasteiger charge is -2.20. The van der Waals surface area contributed by atoms with Gasteiger partial charge in [-0.25, -0.2) is 4.79 Å². The molecule has 1 saturated heterocycles. The van der Waals surface area contributed by atoms with Crippen LogP contribution in [0.2, 0.25) is 0 Å². The van der Waals surface area contributed by atoms with Crippen molar-refractivity contribution >= 4 is 12.0 Å². The van der Waals surface area contributed by atoms with Crippen LogP contribution in [0.15, 0.2) is 0 Å². The first kappa shape index (κ1) is 12.3. The van der Waals surface area contributed by atoms with Crippen molar-refractivity contribution in [1.29, 1.82) is 0 Å². The maximum Gasteiger partial charge on any atom is 0.318 e. The summed E-state index contributed by atoms with van der Waals surface area (Å²) >= 11 is 0. The topological polar surface area (TPSA) is 78.9 Å². The average molecular weight is 226 g/mol. The molecule has 2 unspecified atom stereocenters. The highest BCUT2D eigenvalue weighted by atomic mass is 16.5. The number of hydrogen-bond acceptors (Lipinski definition) is 3. The van der Waals surface area contributed by atoms with Crippen molar-refractivity contribution in [2.75, 3.05) is 26.8 Å². The van der Waals surface area contributed by atoms with Crippen molar-refractivity contribution in [3.63, 3.8) is 0 Å². The Hall–Kier alpha value is -1.74. The van der Waals surface area contributed by atoms with E-state index >= 15 is 0 Å². The molecule has 0 aromatic carbocycles. The summed E-state index contributed by atoms with van der Waals surface area (Å²) in [6.45, 7) is 0.517. The second kappa shape index (κ2) is 5.37. The molecule has 0 saturated carbocycles. The van der Waals surface area contributed by atoms with Crippen LogP contribution in [-0.4, -0.2) is 54.9 Å². The Morgan fingerprint density at radius 3 is 2.88 bits per heavy atom. The van der Waals surface area contributed by atoms with Gasteiger partial charge in [-0.05, 0) is 0 Å². The third kappa shape index (κ3) is 2.87. The second-order valence-electron chi connectivity index (χ2n) is 3.60. The van der Waals surface area contributed by atoms with Crippen molar-refractivity contribution in [3.8, 4) is 12.3 Å². The minimum absolute atomic E-state index is 0.124. The van der Waals surface area contributed by atoms with Crippen molar-refractivity contribution in [2.45, 2.75) is 6.04 Å². The summed E-state index contributed by atoms with van der Waals surface area (Å²) in [5.41, 5.74) is 0. The van der Waals surface area contributed by atoms with Crippen LogP contribution in [0.4, 0.5) is 4.79 Å². The number of carbonyl (C=O) groups is 2. The average Bonchev–Trinajstić information content (AvgIpc) is 2.66. The molecule has 0 bridgehead atoms. The van der Waals surface area contributed by atoms with E-state index in [-0.39, 0.29) is 25.8 Å². The molecule has 1 aliphatic heterocycles. The number of carbonyl (C=O) groups excluding carboxylic acids is 1. The third-order valence-corrected chi connectivity index (χ3v) is 2.38. The smallest absolute Gasteiger partial charge is 0.318 e. The minimum atomic E-state index is -0.970. The Morgan fingerprint density at radius 1 is 1.62 bits per heavy atom. The van der Waals surface area contributed by atoms with Crippen LogP contribution in [0.1, 0.15) is 0 Å². The molecule has 1 aliphatic rings. The zero-order valence-corrected chi connectivity index (χ0v) is 8.97. The van der Waals surface area contributed by atoms with Crippen molar-refractivity contribution in [3.05, 3.63) is 0 Å². The van der Waals surface area contributed by atoms with Gasteiger partial charge in [0.25, 0.3) is 0 Å². The normalized spacial score (nSPS) is 23.5. The highest BCUT2D eigenvalue weighted by Crippen LogP contribution is 2.13. The van der Waals surface area contributed by atoms with E-state index < -0.39 is 17.9 Å². The predicted molar refractivity (Wildman–Crippen MR) is 55.7 cm³/mol. The summed E-state index contributed by atoms with van der Waals surface area (Å²) in [7, 11) is 1.54. The zero-order chi connectivity index (χ0) is 12.1. The largest absolute Gasteiger partial charge is 0.481 e. The van der Waals surface area contributed by atoms with Crippen LogP contribution in [0, 0.1) is 18.3 Å². The monoisotopic (exact) mass is 226 g/mol. The summed E-state index contributed by atoms with van der Waals surface area (Å²) in [5.74, 6) is 0.663. The third-order valence-electron chi connectivity index (χ3n) is 2.38. The van der Waals surface area contributed by atoms with E-state index in [1.165, 1.54) is 4.90 Å². The fourth-order valence-corrected chi connectivity index (χ4v) is 1.42. The van der Waals surface area contributed by atoms with Crippen molar-refractivity contribution in [2.24, 2.45) is 5.92 Å².